The van der Waals surface area contributed by atoms with E-state index in [1.807, 2.05) is 0 Å². The van der Waals surface area contributed by atoms with Crippen molar-refractivity contribution in [1.29, 1.82) is 0 Å². The first-order chi connectivity index (χ1) is 8.08. The molecule has 0 spiro atoms. The first-order valence-corrected chi connectivity index (χ1v) is 6.97. The number of methoxy groups -OCH3 is 2. The van der Waals surface area contributed by atoms with E-state index in [0.717, 1.165) is 42.3 Å². The van der Waals surface area contributed by atoms with Crippen LogP contribution in [-0.4, -0.2) is 42.4 Å². The number of carbonyl (C=O) groups excluding carboxylic acids is 1. The second kappa shape index (κ2) is 9.38. The van der Waals surface area contributed by atoms with E-state index in [2.05, 4.69) is 6.58 Å². The van der Waals surface area contributed by atoms with Gasteiger partial charge >= 0.3 is 5.97 Å². The number of ether oxygens (including phenoxy) is 3. The normalized spacial score (nSPS) is 11.4. The summed E-state index contributed by atoms with van der Waals surface area (Å²) in [5.41, 5.74) is -0.338. The number of esters is 1. The van der Waals surface area contributed by atoms with Crippen molar-refractivity contribution in [3.63, 3.8) is 0 Å². The molecule has 0 unspecified atom stereocenters. The molecule has 0 saturated heterocycles. The molecular formula is C12H24O4Si. The predicted molar refractivity (Wildman–Crippen MR) is 70.9 cm³/mol. The van der Waals surface area contributed by atoms with Crippen molar-refractivity contribution in [3.05, 3.63) is 12.7 Å². The summed E-state index contributed by atoms with van der Waals surface area (Å²) in [6.45, 7) is 3.81. The molecule has 0 radical (unpaired) electrons. The van der Waals surface area contributed by atoms with Crippen molar-refractivity contribution < 1.29 is 19.0 Å². The molecule has 0 fully saturated rings. The third kappa shape index (κ3) is 8.12. The van der Waals surface area contributed by atoms with Gasteiger partial charge in [-0.05, 0) is 19.3 Å². The van der Waals surface area contributed by atoms with Crippen LogP contribution in [0.4, 0.5) is 0 Å². The molecule has 0 aromatic heterocycles. The van der Waals surface area contributed by atoms with Gasteiger partial charge in [-0.2, -0.15) is 0 Å². The summed E-state index contributed by atoms with van der Waals surface area (Å²) in [5, 5.41) is 0. The predicted octanol–water partition coefficient (Wildman–Crippen LogP) is 0.978. The Morgan fingerprint density at radius 3 is 2.35 bits per heavy atom. The van der Waals surface area contributed by atoms with E-state index in [4.69, 9.17) is 14.2 Å². The summed E-state index contributed by atoms with van der Waals surface area (Å²) >= 11 is 0. The smallest absolute Gasteiger partial charge is 0.330 e. The molecule has 0 saturated carbocycles. The molecule has 5 heteroatoms. The maximum Gasteiger partial charge on any atom is 0.330 e. The number of unbranched alkanes of at least 4 members (excludes halogenated alkanes) is 3. The second-order valence-electron chi connectivity index (χ2n) is 4.08. The van der Waals surface area contributed by atoms with Gasteiger partial charge in [-0.1, -0.05) is 19.4 Å². The number of hydrogen-bond acceptors (Lipinski definition) is 4. The van der Waals surface area contributed by atoms with Crippen LogP contribution in [0.3, 0.4) is 0 Å². The Kier molecular flexibility index (Phi) is 9.02. The molecule has 0 aliphatic rings. The lowest BCUT2D eigenvalue weighted by Crippen LogP contribution is -2.33. The van der Waals surface area contributed by atoms with Gasteiger partial charge in [-0.25, -0.2) is 4.79 Å². The number of hydrogen-bond donors (Lipinski definition) is 0. The molecule has 0 rings (SSSR count). The van der Waals surface area contributed by atoms with Gasteiger partial charge in [0.15, 0.2) is 0 Å². The Bertz CT molecular complexity index is 227. The molecule has 0 atom stereocenters. The minimum atomic E-state index is -0.345. The summed E-state index contributed by atoms with van der Waals surface area (Å²) < 4.78 is 15.5. The Morgan fingerprint density at radius 1 is 1.24 bits per heavy atom. The monoisotopic (exact) mass is 260 g/mol. The lowest BCUT2D eigenvalue weighted by Gasteiger charge is -2.26. The molecule has 0 aliphatic carbocycles. The third-order valence-corrected chi connectivity index (χ3v) is 4.12. The highest BCUT2D eigenvalue weighted by atomic mass is 28.1. The zero-order chi connectivity index (χ0) is 13.1. The third-order valence-electron chi connectivity index (χ3n) is 2.80. The van der Waals surface area contributed by atoms with Gasteiger partial charge in [0.05, 0.1) is 16.8 Å². The SMILES string of the molecule is C=CC(=O)OCCCCCCC([SiH3])(OC)OC. The molecule has 0 heterocycles. The van der Waals surface area contributed by atoms with Crippen LogP contribution in [0.25, 0.3) is 0 Å². The fourth-order valence-corrected chi connectivity index (χ4v) is 1.77. The Labute approximate surface area is 107 Å². The maximum absolute atomic E-state index is 10.7. The molecule has 17 heavy (non-hydrogen) atoms. The van der Waals surface area contributed by atoms with Crippen LogP contribution in [0.1, 0.15) is 32.1 Å². The van der Waals surface area contributed by atoms with Crippen molar-refractivity contribution in [3.8, 4) is 0 Å². The van der Waals surface area contributed by atoms with Crippen molar-refractivity contribution in [1.82, 2.24) is 0 Å². The molecule has 4 nitrogen and oxygen atoms in total. The molecule has 0 aromatic carbocycles. The van der Waals surface area contributed by atoms with Crippen LogP contribution < -0.4 is 0 Å². The summed E-state index contributed by atoms with van der Waals surface area (Å²) in [5.74, 6) is -0.345. The van der Waals surface area contributed by atoms with Crippen molar-refractivity contribution >= 4 is 16.2 Å². The van der Waals surface area contributed by atoms with E-state index in [0.29, 0.717) is 6.61 Å². The lowest BCUT2D eigenvalue weighted by molar-refractivity contribution is -0.146. The van der Waals surface area contributed by atoms with Gasteiger partial charge in [0.2, 0.25) is 0 Å². The van der Waals surface area contributed by atoms with Crippen LogP contribution in [0, 0.1) is 0 Å². The topological polar surface area (TPSA) is 44.8 Å². The van der Waals surface area contributed by atoms with Crippen LogP contribution >= 0.6 is 0 Å². The molecule has 100 valence electrons. The highest BCUT2D eigenvalue weighted by molar-refractivity contribution is 6.13. The summed E-state index contributed by atoms with van der Waals surface area (Å²) in [6, 6.07) is 0. The summed E-state index contributed by atoms with van der Waals surface area (Å²) in [4.78, 5) is 10.7. The van der Waals surface area contributed by atoms with Gasteiger partial charge in [-0.15, -0.1) is 0 Å². The van der Waals surface area contributed by atoms with E-state index in [-0.39, 0.29) is 11.4 Å². The number of rotatable bonds is 10. The average Bonchev–Trinajstić information content (AvgIpc) is 2.36. The van der Waals surface area contributed by atoms with Crippen molar-refractivity contribution in [2.75, 3.05) is 20.8 Å². The highest BCUT2D eigenvalue weighted by Crippen LogP contribution is 2.16. The second-order valence-corrected chi connectivity index (χ2v) is 5.60. The van der Waals surface area contributed by atoms with Crippen LogP contribution in [0.2, 0.25) is 0 Å². The molecular weight excluding hydrogens is 236 g/mol. The summed E-state index contributed by atoms with van der Waals surface area (Å²) in [7, 11) is 4.23. The van der Waals surface area contributed by atoms with E-state index < -0.39 is 0 Å². The minimum absolute atomic E-state index is 0.338. The van der Waals surface area contributed by atoms with E-state index >= 15 is 0 Å². The zero-order valence-corrected chi connectivity index (χ0v) is 13.2. The quantitative estimate of drug-likeness (QED) is 0.193. The van der Waals surface area contributed by atoms with Crippen molar-refractivity contribution in [2.45, 2.75) is 37.5 Å². The number of carbonyl (C=O) groups is 1. The maximum atomic E-state index is 10.7. The van der Waals surface area contributed by atoms with Crippen LogP contribution in [0.15, 0.2) is 12.7 Å². The zero-order valence-electron chi connectivity index (χ0n) is 11.2. The van der Waals surface area contributed by atoms with E-state index in [1.165, 1.54) is 6.08 Å². The van der Waals surface area contributed by atoms with E-state index in [1.54, 1.807) is 14.2 Å². The minimum Gasteiger partial charge on any atom is -0.463 e. The van der Waals surface area contributed by atoms with Gasteiger partial charge in [0, 0.05) is 20.3 Å². The fourth-order valence-electron chi connectivity index (χ4n) is 1.42. The fraction of sp³-hybridized carbons (Fsp3) is 0.750. The molecule has 0 bridgehead atoms. The largest absolute Gasteiger partial charge is 0.463 e. The molecule has 0 aromatic rings. The Morgan fingerprint density at radius 2 is 1.82 bits per heavy atom. The molecule has 0 N–H and O–H groups in total. The van der Waals surface area contributed by atoms with Crippen molar-refractivity contribution in [2.24, 2.45) is 0 Å². The first kappa shape index (κ1) is 16.3. The van der Waals surface area contributed by atoms with Gasteiger partial charge in [0.25, 0.3) is 0 Å². The lowest BCUT2D eigenvalue weighted by atomic mass is 10.1. The van der Waals surface area contributed by atoms with Gasteiger partial charge in [0.1, 0.15) is 5.41 Å². The first-order valence-electron chi connectivity index (χ1n) is 5.97. The van der Waals surface area contributed by atoms with Gasteiger partial charge in [-0.3, -0.25) is 0 Å². The Hall–Kier alpha value is -0.653. The standard InChI is InChI=1S/C12H24O4Si/c1-4-11(13)16-10-8-6-5-7-9-12(17,14-2)15-3/h4H,1,5-10H2,2-3,17H3. The van der Waals surface area contributed by atoms with Crippen LogP contribution in [-0.2, 0) is 19.0 Å². The Balaban J connectivity index is 3.40. The van der Waals surface area contributed by atoms with Crippen LogP contribution in [0.5, 0.6) is 0 Å². The highest BCUT2D eigenvalue weighted by Gasteiger charge is 2.20. The van der Waals surface area contributed by atoms with Gasteiger partial charge < -0.3 is 14.2 Å². The molecule has 0 amide bonds. The van der Waals surface area contributed by atoms with E-state index in [9.17, 15) is 4.79 Å². The summed E-state index contributed by atoms with van der Waals surface area (Å²) in [6.07, 6.45) is 6.23. The average molecular weight is 260 g/mol. The molecule has 0 aliphatic heterocycles.